The van der Waals surface area contributed by atoms with Crippen LogP contribution in [0.15, 0.2) is 114 Å². The Morgan fingerprint density at radius 2 is 1.77 bits per heavy atom. The first-order valence-corrected chi connectivity index (χ1v) is 21.8. The van der Waals surface area contributed by atoms with Gasteiger partial charge < -0.3 is 34.4 Å². The van der Waals surface area contributed by atoms with E-state index in [0.717, 1.165) is 53.2 Å². The van der Waals surface area contributed by atoms with Crippen LogP contribution in [0.4, 0.5) is 10.5 Å². The number of alkyl halides is 1. The number of nitrogens with zero attached hydrogens (tertiary/aromatic N) is 3. The van der Waals surface area contributed by atoms with Gasteiger partial charge >= 0.3 is 6.09 Å². The molecular formula is C48H54ClN3O10. The van der Waals surface area contributed by atoms with Crippen LogP contribution in [0.1, 0.15) is 67.6 Å². The lowest BCUT2D eigenvalue weighted by Gasteiger charge is -2.59. The third-order valence-corrected chi connectivity index (χ3v) is 12.5. The predicted octanol–water partition coefficient (Wildman–Crippen LogP) is 9.17. The zero-order chi connectivity index (χ0) is 43.6. The van der Waals surface area contributed by atoms with Crippen LogP contribution in [0.25, 0.3) is 10.8 Å². The number of rotatable bonds is 20. The van der Waals surface area contributed by atoms with Gasteiger partial charge in [-0.05, 0) is 95.3 Å². The molecular weight excluding hydrogens is 814 g/mol. The van der Waals surface area contributed by atoms with Crippen LogP contribution < -0.4 is 4.74 Å². The highest BCUT2D eigenvalue weighted by molar-refractivity contribution is 6.18. The number of hydrogen-bond acceptors (Lipinski definition) is 11. The molecule has 328 valence electrons. The second-order valence-electron chi connectivity index (χ2n) is 16.1. The highest BCUT2D eigenvalue weighted by atomic mass is 35.5. The number of nitro groups is 1. The molecule has 0 bridgehead atoms. The van der Waals surface area contributed by atoms with Crippen molar-refractivity contribution in [3.05, 3.63) is 136 Å². The minimum Gasteiger partial charge on any atom is -0.508 e. The molecule has 6 atom stereocenters. The molecule has 2 aliphatic carbocycles. The maximum absolute atomic E-state index is 14.7. The number of carbonyl (C=O) groups excluding carboxylic acids is 1. The van der Waals surface area contributed by atoms with Crippen LogP contribution in [0, 0.1) is 27.9 Å². The van der Waals surface area contributed by atoms with Gasteiger partial charge in [-0.1, -0.05) is 72.6 Å². The van der Waals surface area contributed by atoms with Crippen LogP contribution >= 0.6 is 11.6 Å². The van der Waals surface area contributed by atoms with E-state index in [4.69, 9.17) is 35.8 Å². The molecule has 1 amide bonds. The normalized spacial score (nSPS) is 23.1. The second kappa shape index (κ2) is 20.6. The molecule has 0 radical (unpaired) electrons. The van der Waals surface area contributed by atoms with Gasteiger partial charge in [0.1, 0.15) is 30.8 Å². The largest absolute Gasteiger partial charge is 0.508 e. The van der Waals surface area contributed by atoms with Gasteiger partial charge in [0.25, 0.3) is 5.69 Å². The Kier molecular flexibility index (Phi) is 14.8. The molecule has 0 aromatic heterocycles. The lowest BCUT2D eigenvalue weighted by atomic mass is 9.55. The number of carbonyl (C=O) groups is 1. The standard InChI is InChI=1S/C48H54ClN3O10/c1-2-25-60-48-44(51(47(56)59-26-22-49)30-35-13-9-12-33-10-3-4-14-38(33)35)29-42(50-61-31-32-16-18-36(19-17-32)52(57)58)40-27-34(11-5-7-23-53)39(15-6-8-24-54)45(46(40)48)41-28-37(55)20-21-43(41)62-48/h2-4,9-10,12-14,16-21,27-28,34,39,44-46,53-55H,1,5-8,11,15,22-26,29-31H2/t34-,39+,44-,45+,46+,48+/m0/s1. The minimum atomic E-state index is -1.55. The summed E-state index contributed by atoms with van der Waals surface area (Å²) < 4.78 is 20.1. The Morgan fingerprint density at radius 1 is 1.02 bits per heavy atom. The molecule has 4 aromatic rings. The minimum absolute atomic E-state index is 0.0139. The average Bonchev–Trinajstić information content (AvgIpc) is 3.28. The highest BCUT2D eigenvalue weighted by Crippen LogP contribution is 2.62. The van der Waals surface area contributed by atoms with Gasteiger partial charge in [0, 0.05) is 43.2 Å². The topological polar surface area (TPSA) is 173 Å². The first kappa shape index (κ1) is 44.6. The van der Waals surface area contributed by atoms with E-state index in [0.29, 0.717) is 29.9 Å². The Morgan fingerprint density at radius 3 is 2.52 bits per heavy atom. The molecule has 7 rings (SSSR count). The van der Waals surface area contributed by atoms with E-state index in [1.165, 1.54) is 12.1 Å². The summed E-state index contributed by atoms with van der Waals surface area (Å²) in [4.78, 5) is 33.4. The lowest BCUT2D eigenvalue weighted by molar-refractivity contribution is -0.384. The molecule has 62 heavy (non-hydrogen) atoms. The van der Waals surface area contributed by atoms with Crippen molar-refractivity contribution in [1.29, 1.82) is 0 Å². The smallest absolute Gasteiger partial charge is 0.410 e. The second-order valence-corrected chi connectivity index (χ2v) is 16.4. The maximum Gasteiger partial charge on any atom is 0.410 e. The molecule has 13 nitrogen and oxygen atoms in total. The Balaban J connectivity index is 1.44. The number of halogens is 1. The van der Waals surface area contributed by atoms with Crippen LogP contribution in [0.2, 0.25) is 0 Å². The van der Waals surface area contributed by atoms with Crippen molar-refractivity contribution in [2.45, 2.75) is 75.8 Å². The van der Waals surface area contributed by atoms with Gasteiger partial charge in [-0.2, -0.15) is 0 Å². The van der Waals surface area contributed by atoms with Crippen LogP contribution in [0.3, 0.4) is 0 Å². The Bertz CT molecular complexity index is 2260. The fraction of sp³-hybridized carbons (Fsp3) is 0.417. The van der Waals surface area contributed by atoms with Crippen LogP contribution in [-0.4, -0.2) is 81.1 Å². The third kappa shape index (κ3) is 9.46. The van der Waals surface area contributed by atoms with Crippen molar-refractivity contribution >= 4 is 39.9 Å². The molecule has 1 saturated carbocycles. The summed E-state index contributed by atoms with van der Waals surface area (Å²) in [7, 11) is 0. The molecule has 0 saturated heterocycles. The van der Waals surface area contributed by atoms with Crippen molar-refractivity contribution < 1.29 is 44.1 Å². The molecule has 3 N–H and O–H groups in total. The highest BCUT2D eigenvalue weighted by Gasteiger charge is 2.65. The number of benzene rings is 4. The maximum atomic E-state index is 14.7. The van der Waals surface area contributed by atoms with Crippen molar-refractivity contribution in [2.24, 2.45) is 22.9 Å². The molecule has 1 heterocycles. The summed E-state index contributed by atoms with van der Waals surface area (Å²) >= 11 is 6.11. The van der Waals surface area contributed by atoms with Gasteiger partial charge in [-0.3, -0.25) is 15.0 Å². The monoisotopic (exact) mass is 867 g/mol. The summed E-state index contributed by atoms with van der Waals surface area (Å²) in [5.74, 6) is -1.89. The van der Waals surface area contributed by atoms with Gasteiger partial charge in [-0.15, -0.1) is 18.2 Å². The zero-order valence-electron chi connectivity index (χ0n) is 34.6. The molecule has 4 aromatic carbocycles. The lowest BCUT2D eigenvalue weighted by Crippen LogP contribution is -2.70. The molecule has 1 fully saturated rings. The molecule has 14 heteroatoms. The number of allylic oxidation sites excluding steroid dienone is 1. The van der Waals surface area contributed by atoms with Crippen molar-refractivity contribution in [3.8, 4) is 11.5 Å². The number of hydrogen-bond donors (Lipinski definition) is 3. The number of oxime groups is 1. The summed E-state index contributed by atoms with van der Waals surface area (Å²) in [5, 5.41) is 49.0. The summed E-state index contributed by atoms with van der Waals surface area (Å²) in [5.41, 5.74) is 3.67. The van der Waals surface area contributed by atoms with Gasteiger partial charge in [0.2, 0.25) is 5.79 Å². The third-order valence-electron chi connectivity index (χ3n) is 12.3. The number of ether oxygens (including phenoxy) is 3. The number of amides is 1. The molecule has 0 spiro atoms. The van der Waals surface area contributed by atoms with E-state index in [2.05, 4.69) is 12.7 Å². The number of aromatic hydroxyl groups is 1. The van der Waals surface area contributed by atoms with E-state index >= 15 is 0 Å². The average molecular weight is 868 g/mol. The van der Waals surface area contributed by atoms with E-state index < -0.39 is 28.8 Å². The number of non-ortho nitro benzene ring substituents is 1. The predicted molar refractivity (Wildman–Crippen MR) is 236 cm³/mol. The fourth-order valence-electron chi connectivity index (χ4n) is 9.68. The summed E-state index contributed by atoms with van der Waals surface area (Å²) in [6.07, 6.45) is 7.57. The first-order valence-electron chi connectivity index (χ1n) is 21.3. The number of aliphatic hydroxyl groups is 2. The van der Waals surface area contributed by atoms with E-state index in [1.54, 1.807) is 41.3 Å². The fourth-order valence-corrected chi connectivity index (χ4v) is 9.76. The Labute approximate surface area is 366 Å². The summed E-state index contributed by atoms with van der Waals surface area (Å²) in [6.45, 7) is 4.25. The first-order chi connectivity index (χ1) is 30.2. The number of phenols is 1. The van der Waals surface area contributed by atoms with Crippen molar-refractivity contribution in [3.63, 3.8) is 0 Å². The molecule has 1 aliphatic heterocycles. The zero-order valence-corrected chi connectivity index (χ0v) is 35.4. The van der Waals surface area contributed by atoms with E-state index in [9.17, 15) is 30.2 Å². The van der Waals surface area contributed by atoms with Gasteiger partial charge in [0.15, 0.2) is 0 Å². The number of phenolic OH excluding ortho intramolecular Hbond substituents is 1. The van der Waals surface area contributed by atoms with Crippen molar-refractivity contribution in [1.82, 2.24) is 4.90 Å². The van der Waals surface area contributed by atoms with Gasteiger partial charge in [-0.25, -0.2) is 4.79 Å². The van der Waals surface area contributed by atoms with Gasteiger partial charge in [0.05, 0.1) is 35.6 Å². The molecule has 3 aliphatic rings. The quantitative estimate of drug-likeness (QED) is 0.0256. The number of nitro benzene ring substituents is 1. The molecule has 0 unspecified atom stereocenters. The van der Waals surface area contributed by atoms with E-state index in [1.807, 2.05) is 42.5 Å². The number of unbranched alkanes of at least 4 members (excludes halogenated alkanes) is 2. The van der Waals surface area contributed by atoms with Crippen LogP contribution in [-0.2, 0) is 27.5 Å². The number of fused-ring (bicyclic) bond motifs is 3. The van der Waals surface area contributed by atoms with E-state index in [-0.39, 0.29) is 81.1 Å². The Hall–Kier alpha value is -5.47. The van der Waals surface area contributed by atoms with Crippen molar-refractivity contribution in [2.75, 3.05) is 32.3 Å². The van der Waals surface area contributed by atoms with Crippen LogP contribution in [0.5, 0.6) is 11.5 Å². The SMILES string of the molecule is C=CCO[C@@]12Oc3ccc(O)cc3[C@H]3[C@H](CCCCO)[C@@H](CCCCO)C=C(C(=NOCc4ccc([N+](=O)[O-])cc4)C[C@@H]1N(Cc1cccc4ccccc14)C(=O)OCCCl)[C@H]32. The number of aliphatic hydroxyl groups excluding tert-OH is 2. The summed E-state index contributed by atoms with van der Waals surface area (Å²) in [6, 6.07) is 24.2.